The topological polar surface area (TPSA) is 87.0 Å². The predicted octanol–water partition coefficient (Wildman–Crippen LogP) is 1.43. The Morgan fingerprint density at radius 1 is 1.07 bits per heavy atom. The number of carbonyl (C=O) groups excluding carboxylic acids is 2. The number of nitrogens with zero attached hydrogens (tertiary/aromatic N) is 4. The Kier molecular flexibility index (Phi) is 5.67. The molecule has 0 spiro atoms. The fraction of sp³-hybridized carbons (Fsp3) is 0.238. The lowest BCUT2D eigenvalue weighted by Gasteiger charge is -2.36. The van der Waals surface area contributed by atoms with Gasteiger partial charge in [0.1, 0.15) is 11.2 Å². The fourth-order valence-corrected chi connectivity index (χ4v) is 3.62. The van der Waals surface area contributed by atoms with E-state index in [0.29, 0.717) is 36.8 Å². The molecule has 154 valence electrons. The van der Waals surface area contributed by atoms with Gasteiger partial charge in [0.05, 0.1) is 6.54 Å². The van der Waals surface area contributed by atoms with Crippen LogP contribution in [-0.2, 0) is 4.79 Å². The van der Waals surface area contributed by atoms with Gasteiger partial charge >= 0.3 is 0 Å². The number of halogens is 1. The number of hydrogen-bond donors (Lipinski definition) is 1. The van der Waals surface area contributed by atoms with Gasteiger partial charge in [0, 0.05) is 49.3 Å². The summed E-state index contributed by atoms with van der Waals surface area (Å²) in [5.74, 6) is -0.806. The van der Waals surface area contributed by atoms with Crippen molar-refractivity contribution in [3.63, 3.8) is 0 Å². The number of fused-ring (bicyclic) bond motifs is 1. The molecule has 0 atom stereocenters. The molecule has 1 fully saturated rings. The molecule has 0 unspecified atom stereocenters. The van der Waals surface area contributed by atoms with Crippen LogP contribution < -0.4 is 15.8 Å². The van der Waals surface area contributed by atoms with Crippen LogP contribution in [0.3, 0.4) is 0 Å². The van der Waals surface area contributed by atoms with Gasteiger partial charge in [0.25, 0.3) is 11.5 Å². The Labute approximate surface area is 177 Å². The lowest BCUT2D eigenvalue weighted by Crippen LogP contribution is -2.51. The lowest BCUT2D eigenvalue weighted by atomic mass is 10.2. The summed E-state index contributed by atoms with van der Waals surface area (Å²) in [5.41, 5.74) is 0.901. The van der Waals surface area contributed by atoms with Gasteiger partial charge in [0.2, 0.25) is 5.91 Å². The number of anilines is 1. The van der Waals surface area contributed by atoms with E-state index in [4.69, 9.17) is 11.6 Å². The SMILES string of the molecule is O=C(NCC(=O)N1CCN(c2cccc(Cl)c2)CC1)c1cnc2ccccn2c1=O. The average Bonchev–Trinajstić information content (AvgIpc) is 2.78. The standard InChI is InChI=1S/C21H20ClN5O3/c22-15-4-3-5-16(12-15)25-8-10-26(11-9-25)19(28)14-24-20(29)17-13-23-18-6-1-2-7-27(18)21(17)30/h1-7,12-13H,8-11,14H2,(H,24,29). The number of pyridine rings is 1. The third-order valence-electron chi connectivity index (χ3n) is 5.06. The van der Waals surface area contributed by atoms with Crippen LogP contribution in [0.15, 0.2) is 59.7 Å². The van der Waals surface area contributed by atoms with E-state index in [1.165, 1.54) is 10.6 Å². The molecule has 0 radical (unpaired) electrons. The van der Waals surface area contributed by atoms with Gasteiger partial charge in [-0.2, -0.15) is 0 Å². The molecule has 30 heavy (non-hydrogen) atoms. The lowest BCUT2D eigenvalue weighted by molar-refractivity contribution is -0.130. The largest absolute Gasteiger partial charge is 0.368 e. The van der Waals surface area contributed by atoms with Crippen LogP contribution in [0, 0.1) is 0 Å². The zero-order valence-corrected chi connectivity index (χ0v) is 16.9. The molecule has 0 aliphatic carbocycles. The molecule has 4 rings (SSSR count). The summed E-state index contributed by atoms with van der Waals surface area (Å²) in [4.78, 5) is 45.4. The molecule has 0 saturated carbocycles. The van der Waals surface area contributed by atoms with Crippen molar-refractivity contribution in [3.8, 4) is 0 Å². The Balaban J connectivity index is 1.33. The van der Waals surface area contributed by atoms with E-state index in [1.807, 2.05) is 24.3 Å². The van der Waals surface area contributed by atoms with Gasteiger partial charge in [-0.05, 0) is 30.3 Å². The first-order valence-electron chi connectivity index (χ1n) is 9.56. The number of amides is 2. The van der Waals surface area contributed by atoms with Crippen LogP contribution in [0.5, 0.6) is 0 Å². The summed E-state index contributed by atoms with van der Waals surface area (Å²) in [5, 5.41) is 3.21. The molecule has 1 aliphatic rings. The quantitative estimate of drug-likeness (QED) is 0.683. The van der Waals surface area contributed by atoms with Crippen LogP contribution >= 0.6 is 11.6 Å². The van der Waals surface area contributed by atoms with Crippen LogP contribution in [0.4, 0.5) is 5.69 Å². The van der Waals surface area contributed by atoms with Crippen LogP contribution in [-0.4, -0.2) is 58.8 Å². The second kappa shape index (κ2) is 8.54. The summed E-state index contributed by atoms with van der Waals surface area (Å²) in [6, 6.07) is 12.7. The van der Waals surface area contributed by atoms with E-state index in [9.17, 15) is 14.4 Å². The molecule has 1 N–H and O–H groups in total. The normalized spacial score (nSPS) is 14.0. The molecular formula is C21H20ClN5O3. The zero-order valence-electron chi connectivity index (χ0n) is 16.1. The van der Waals surface area contributed by atoms with Crippen molar-refractivity contribution in [1.29, 1.82) is 0 Å². The van der Waals surface area contributed by atoms with E-state index < -0.39 is 11.5 Å². The predicted molar refractivity (Wildman–Crippen MR) is 114 cm³/mol. The Bertz CT molecular complexity index is 1150. The minimum absolute atomic E-state index is 0.0997. The average molecular weight is 426 g/mol. The molecule has 3 aromatic rings. The fourth-order valence-electron chi connectivity index (χ4n) is 3.43. The van der Waals surface area contributed by atoms with Crippen LogP contribution in [0.2, 0.25) is 5.02 Å². The maximum Gasteiger partial charge on any atom is 0.270 e. The first-order valence-corrected chi connectivity index (χ1v) is 9.93. The first kappa shape index (κ1) is 19.9. The highest BCUT2D eigenvalue weighted by molar-refractivity contribution is 6.30. The molecule has 2 aromatic heterocycles. The molecule has 0 bridgehead atoms. The van der Waals surface area contributed by atoms with Crippen molar-refractivity contribution in [1.82, 2.24) is 19.6 Å². The van der Waals surface area contributed by atoms with Gasteiger partial charge in [-0.15, -0.1) is 0 Å². The smallest absolute Gasteiger partial charge is 0.270 e. The Morgan fingerprint density at radius 3 is 2.63 bits per heavy atom. The van der Waals surface area contributed by atoms with Gasteiger partial charge < -0.3 is 15.1 Å². The summed E-state index contributed by atoms with van der Waals surface area (Å²) in [6.45, 7) is 2.27. The number of carbonyl (C=O) groups is 2. The van der Waals surface area contributed by atoms with Crippen molar-refractivity contribution in [2.75, 3.05) is 37.6 Å². The molecule has 9 heteroatoms. The molecular weight excluding hydrogens is 406 g/mol. The highest BCUT2D eigenvalue weighted by Gasteiger charge is 2.22. The number of piperazine rings is 1. The van der Waals surface area contributed by atoms with Crippen molar-refractivity contribution < 1.29 is 9.59 Å². The van der Waals surface area contributed by atoms with E-state index in [2.05, 4.69) is 15.2 Å². The van der Waals surface area contributed by atoms with Gasteiger partial charge in [-0.25, -0.2) is 4.98 Å². The number of benzene rings is 1. The van der Waals surface area contributed by atoms with Gasteiger partial charge in [-0.1, -0.05) is 23.7 Å². The Morgan fingerprint density at radius 2 is 1.87 bits per heavy atom. The highest BCUT2D eigenvalue weighted by atomic mass is 35.5. The first-order chi connectivity index (χ1) is 14.5. The number of rotatable bonds is 4. The maximum atomic E-state index is 12.5. The van der Waals surface area contributed by atoms with E-state index in [0.717, 1.165) is 5.69 Å². The van der Waals surface area contributed by atoms with E-state index in [1.54, 1.807) is 29.3 Å². The summed E-state index contributed by atoms with van der Waals surface area (Å²) in [6.07, 6.45) is 2.78. The van der Waals surface area contributed by atoms with E-state index >= 15 is 0 Å². The second-order valence-electron chi connectivity index (χ2n) is 6.94. The molecule has 1 saturated heterocycles. The van der Waals surface area contributed by atoms with Crippen molar-refractivity contribution in [2.45, 2.75) is 0 Å². The molecule has 8 nitrogen and oxygen atoms in total. The van der Waals surface area contributed by atoms with Gasteiger partial charge in [0.15, 0.2) is 0 Å². The molecule has 2 amide bonds. The summed E-state index contributed by atoms with van der Waals surface area (Å²) < 4.78 is 1.30. The Hall–Kier alpha value is -3.39. The highest BCUT2D eigenvalue weighted by Crippen LogP contribution is 2.20. The zero-order chi connectivity index (χ0) is 21.1. The van der Waals surface area contributed by atoms with Crippen LogP contribution in [0.25, 0.3) is 5.65 Å². The van der Waals surface area contributed by atoms with Crippen molar-refractivity contribution >= 4 is 34.7 Å². The third kappa shape index (κ3) is 4.13. The molecule has 3 heterocycles. The van der Waals surface area contributed by atoms with Crippen LogP contribution in [0.1, 0.15) is 10.4 Å². The number of hydrogen-bond acceptors (Lipinski definition) is 5. The summed E-state index contributed by atoms with van der Waals surface area (Å²) >= 11 is 6.05. The number of nitrogens with one attached hydrogen (secondary N) is 1. The van der Waals surface area contributed by atoms with Crippen molar-refractivity contribution in [3.05, 3.63) is 75.8 Å². The third-order valence-corrected chi connectivity index (χ3v) is 5.30. The van der Waals surface area contributed by atoms with E-state index in [-0.39, 0.29) is 18.0 Å². The van der Waals surface area contributed by atoms with Gasteiger partial charge in [-0.3, -0.25) is 18.8 Å². The number of aromatic nitrogens is 2. The maximum absolute atomic E-state index is 12.5. The minimum Gasteiger partial charge on any atom is -0.368 e. The summed E-state index contributed by atoms with van der Waals surface area (Å²) in [7, 11) is 0. The molecule has 1 aliphatic heterocycles. The monoisotopic (exact) mass is 425 g/mol. The molecule has 1 aromatic carbocycles. The second-order valence-corrected chi connectivity index (χ2v) is 7.37. The van der Waals surface area contributed by atoms with Crippen molar-refractivity contribution in [2.24, 2.45) is 0 Å². The minimum atomic E-state index is -0.614.